The van der Waals surface area contributed by atoms with E-state index >= 15 is 0 Å². The van der Waals surface area contributed by atoms with Crippen molar-refractivity contribution in [3.8, 4) is 0 Å². The summed E-state index contributed by atoms with van der Waals surface area (Å²) in [6.45, 7) is 4.30. The Morgan fingerprint density at radius 3 is 2.83 bits per heavy atom. The van der Waals surface area contributed by atoms with Crippen LogP contribution in [0.3, 0.4) is 0 Å². The molecule has 6 heteroatoms. The zero-order valence-corrected chi connectivity index (χ0v) is 13.7. The number of rotatable bonds is 8. The van der Waals surface area contributed by atoms with E-state index in [-0.39, 0.29) is 18.6 Å². The van der Waals surface area contributed by atoms with Crippen LogP contribution in [-0.2, 0) is 13.0 Å². The van der Waals surface area contributed by atoms with E-state index in [1.54, 1.807) is 17.2 Å². The lowest BCUT2D eigenvalue weighted by molar-refractivity contribution is 0.0554. The number of hydrogen-bond acceptors (Lipinski definition) is 4. The molecule has 0 saturated carbocycles. The molecule has 2 aromatic heterocycles. The van der Waals surface area contributed by atoms with E-state index in [1.807, 2.05) is 25.1 Å². The molecule has 0 unspecified atom stereocenters. The Labute approximate surface area is 136 Å². The van der Waals surface area contributed by atoms with E-state index in [9.17, 15) is 9.90 Å². The van der Waals surface area contributed by atoms with Crippen LogP contribution in [0.25, 0.3) is 0 Å². The summed E-state index contributed by atoms with van der Waals surface area (Å²) >= 11 is 0. The highest BCUT2D eigenvalue weighted by Crippen LogP contribution is 2.14. The van der Waals surface area contributed by atoms with E-state index in [0.29, 0.717) is 18.7 Å². The molecule has 0 spiro atoms. The van der Waals surface area contributed by atoms with Crippen molar-refractivity contribution in [1.82, 2.24) is 20.1 Å². The smallest absolute Gasteiger partial charge is 0.275 e. The fourth-order valence-corrected chi connectivity index (χ4v) is 2.50. The third-order valence-corrected chi connectivity index (χ3v) is 3.81. The molecule has 2 heterocycles. The van der Waals surface area contributed by atoms with Crippen molar-refractivity contribution >= 4 is 5.91 Å². The van der Waals surface area contributed by atoms with Gasteiger partial charge in [0.05, 0.1) is 24.9 Å². The molecule has 0 aromatic carbocycles. The zero-order valence-electron chi connectivity index (χ0n) is 13.7. The standard InChI is InChI=1S/C17H24N4O2/c1-3-7-13-10-16(20-19-13)17(23)21(15(4-2)12-22)11-14-8-5-6-9-18-14/h5-6,8-10,15,22H,3-4,7,11-12H2,1-2H3,(H,19,20)/t15-/m0/s1. The molecule has 0 aliphatic carbocycles. The van der Waals surface area contributed by atoms with Crippen LogP contribution in [0.2, 0.25) is 0 Å². The largest absolute Gasteiger partial charge is 0.394 e. The van der Waals surface area contributed by atoms with E-state index in [4.69, 9.17) is 0 Å². The molecule has 0 saturated heterocycles. The number of carbonyl (C=O) groups is 1. The molecule has 1 atom stereocenters. The van der Waals surface area contributed by atoms with Crippen molar-refractivity contribution in [1.29, 1.82) is 0 Å². The number of aromatic nitrogens is 3. The lowest BCUT2D eigenvalue weighted by Gasteiger charge is -2.29. The van der Waals surface area contributed by atoms with Crippen LogP contribution in [0.1, 0.15) is 48.6 Å². The van der Waals surface area contributed by atoms with Gasteiger partial charge in [0, 0.05) is 11.9 Å². The van der Waals surface area contributed by atoms with Gasteiger partial charge in [-0.15, -0.1) is 0 Å². The third kappa shape index (κ3) is 4.39. The number of nitrogens with one attached hydrogen (secondary N) is 1. The predicted octanol–water partition coefficient (Wildman–Crippen LogP) is 2.17. The van der Waals surface area contributed by atoms with Crippen LogP contribution in [0.5, 0.6) is 0 Å². The highest BCUT2D eigenvalue weighted by molar-refractivity contribution is 5.92. The number of aliphatic hydroxyl groups excluding tert-OH is 1. The molecule has 0 radical (unpaired) electrons. The minimum atomic E-state index is -0.254. The molecule has 2 N–H and O–H groups in total. The maximum absolute atomic E-state index is 12.8. The molecule has 124 valence electrons. The normalized spacial score (nSPS) is 12.1. The van der Waals surface area contributed by atoms with E-state index in [1.165, 1.54) is 0 Å². The third-order valence-electron chi connectivity index (χ3n) is 3.81. The van der Waals surface area contributed by atoms with Gasteiger partial charge in [-0.05, 0) is 31.0 Å². The summed E-state index contributed by atoms with van der Waals surface area (Å²) in [5, 5.41) is 16.7. The first-order chi connectivity index (χ1) is 11.2. The van der Waals surface area contributed by atoms with Crippen LogP contribution in [0, 0.1) is 0 Å². The van der Waals surface area contributed by atoms with Gasteiger partial charge in [0.15, 0.2) is 0 Å². The Bertz CT molecular complexity index is 608. The molecule has 0 fully saturated rings. The number of nitrogens with zero attached hydrogens (tertiary/aromatic N) is 3. The zero-order chi connectivity index (χ0) is 16.7. The molecule has 23 heavy (non-hydrogen) atoms. The van der Waals surface area contributed by atoms with Crippen LogP contribution in [0.15, 0.2) is 30.5 Å². The molecule has 0 aliphatic rings. The number of aromatic amines is 1. The molecule has 0 bridgehead atoms. The quantitative estimate of drug-likeness (QED) is 0.782. The van der Waals surface area contributed by atoms with Gasteiger partial charge < -0.3 is 10.0 Å². The second kappa shape index (κ2) is 8.43. The summed E-state index contributed by atoms with van der Waals surface area (Å²) in [4.78, 5) is 18.8. The van der Waals surface area contributed by atoms with E-state index < -0.39 is 0 Å². The fraction of sp³-hybridized carbons (Fsp3) is 0.471. The van der Waals surface area contributed by atoms with Gasteiger partial charge in [-0.25, -0.2) is 0 Å². The molecular formula is C17H24N4O2. The number of amides is 1. The van der Waals surface area contributed by atoms with Gasteiger partial charge in [0.2, 0.25) is 0 Å². The summed E-state index contributed by atoms with van der Waals surface area (Å²) in [5.41, 5.74) is 2.12. The molecule has 2 aromatic rings. The molecule has 6 nitrogen and oxygen atoms in total. The Balaban J connectivity index is 2.22. The Hall–Kier alpha value is -2.21. The summed E-state index contributed by atoms with van der Waals surface area (Å²) in [6.07, 6.45) is 4.21. The average molecular weight is 316 g/mol. The van der Waals surface area contributed by atoms with Crippen LogP contribution < -0.4 is 0 Å². The van der Waals surface area contributed by atoms with Crippen molar-refractivity contribution in [2.75, 3.05) is 6.61 Å². The van der Waals surface area contributed by atoms with E-state index in [0.717, 1.165) is 24.2 Å². The van der Waals surface area contributed by atoms with Crippen molar-refractivity contribution in [3.05, 3.63) is 47.5 Å². The van der Waals surface area contributed by atoms with Gasteiger partial charge in [-0.1, -0.05) is 26.3 Å². The number of carbonyl (C=O) groups excluding carboxylic acids is 1. The van der Waals surface area contributed by atoms with Crippen LogP contribution in [-0.4, -0.2) is 43.7 Å². The highest BCUT2D eigenvalue weighted by atomic mass is 16.3. The minimum absolute atomic E-state index is 0.0820. The lowest BCUT2D eigenvalue weighted by Crippen LogP contribution is -2.42. The molecular weight excluding hydrogens is 292 g/mol. The summed E-state index contributed by atoms with van der Waals surface area (Å²) in [7, 11) is 0. The highest BCUT2D eigenvalue weighted by Gasteiger charge is 2.25. The Morgan fingerprint density at radius 2 is 2.22 bits per heavy atom. The molecule has 1 amide bonds. The second-order valence-corrected chi connectivity index (χ2v) is 5.53. The molecule has 0 aliphatic heterocycles. The van der Waals surface area contributed by atoms with Crippen molar-refractivity contribution in [3.63, 3.8) is 0 Å². The van der Waals surface area contributed by atoms with Gasteiger partial charge >= 0.3 is 0 Å². The van der Waals surface area contributed by atoms with Crippen molar-refractivity contribution in [2.24, 2.45) is 0 Å². The summed E-state index contributed by atoms with van der Waals surface area (Å²) < 4.78 is 0. The second-order valence-electron chi connectivity index (χ2n) is 5.53. The van der Waals surface area contributed by atoms with Gasteiger partial charge in [0.25, 0.3) is 5.91 Å². The fourth-order valence-electron chi connectivity index (χ4n) is 2.50. The number of aryl methyl sites for hydroxylation is 1. The first-order valence-corrected chi connectivity index (χ1v) is 8.05. The number of pyridine rings is 1. The van der Waals surface area contributed by atoms with Gasteiger partial charge in [0.1, 0.15) is 5.69 Å². The monoisotopic (exact) mass is 316 g/mol. The number of aliphatic hydroxyl groups is 1. The average Bonchev–Trinajstić information content (AvgIpc) is 3.04. The summed E-state index contributed by atoms with van der Waals surface area (Å²) in [6, 6.07) is 7.14. The predicted molar refractivity (Wildman–Crippen MR) is 87.9 cm³/mol. The number of hydrogen-bond donors (Lipinski definition) is 2. The first kappa shape index (κ1) is 17.1. The van der Waals surface area contributed by atoms with E-state index in [2.05, 4.69) is 22.1 Å². The van der Waals surface area contributed by atoms with Crippen molar-refractivity contribution in [2.45, 2.75) is 45.7 Å². The van der Waals surface area contributed by atoms with Crippen LogP contribution >= 0.6 is 0 Å². The SMILES string of the molecule is CCCc1cc(C(=O)N(Cc2ccccn2)[C@@H](CC)CO)n[nH]1. The first-order valence-electron chi connectivity index (χ1n) is 8.05. The van der Waals surface area contributed by atoms with Gasteiger partial charge in [-0.3, -0.25) is 14.9 Å². The maximum atomic E-state index is 12.8. The topological polar surface area (TPSA) is 82.1 Å². The van der Waals surface area contributed by atoms with Crippen LogP contribution in [0.4, 0.5) is 0 Å². The maximum Gasteiger partial charge on any atom is 0.275 e. The van der Waals surface area contributed by atoms with Crippen molar-refractivity contribution < 1.29 is 9.90 Å². The molecule has 2 rings (SSSR count). The minimum Gasteiger partial charge on any atom is -0.394 e. The Morgan fingerprint density at radius 1 is 1.39 bits per heavy atom. The Kier molecular flexibility index (Phi) is 6.29. The number of H-pyrrole nitrogens is 1. The summed E-state index contributed by atoms with van der Waals surface area (Å²) in [5.74, 6) is -0.185. The lowest BCUT2D eigenvalue weighted by atomic mass is 10.1. The van der Waals surface area contributed by atoms with Gasteiger partial charge in [-0.2, -0.15) is 5.10 Å².